The largest absolute Gasteiger partial charge is 0.481 e. The molecular formula is C15H21ClO2. The molecule has 3 heteroatoms. The lowest BCUT2D eigenvalue weighted by Crippen LogP contribution is -2.16. The fourth-order valence-electron chi connectivity index (χ4n) is 2.08. The molecule has 0 saturated heterocycles. The third-order valence-electron chi connectivity index (χ3n) is 3.13. The average Bonchev–Trinajstić information content (AvgIpc) is 2.33. The number of carboxylic acids is 1. The van der Waals surface area contributed by atoms with Crippen molar-refractivity contribution in [1.29, 1.82) is 0 Å². The lowest BCUT2D eigenvalue weighted by Gasteiger charge is -2.12. The van der Waals surface area contributed by atoms with Crippen LogP contribution in [-0.2, 0) is 11.2 Å². The highest BCUT2D eigenvalue weighted by atomic mass is 35.5. The van der Waals surface area contributed by atoms with Gasteiger partial charge in [-0.25, -0.2) is 0 Å². The third-order valence-corrected chi connectivity index (χ3v) is 3.36. The average molecular weight is 269 g/mol. The molecule has 1 rings (SSSR count). The Morgan fingerprint density at radius 1 is 1.33 bits per heavy atom. The summed E-state index contributed by atoms with van der Waals surface area (Å²) in [6.45, 7) is 2.15. The number of aliphatic carboxylic acids is 1. The van der Waals surface area contributed by atoms with E-state index < -0.39 is 5.97 Å². The first-order chi connectivity index (χ1) is 8.63. The van der Waals surface area contributed by atoms with E-state index in [0.717, 1.165) is 24.8 Å². The van der Waals surface area contributed by atoms with E-state index in [4.69, 9.17) is 11.6 Å². The van der Waals surface area contributed by atoms with Crippen LogP contribution in [0.3, 0.4) is 0 Å². The zero-order valence-electron chi connectivity index (χ0n) is 10.9. The van der Waals surface area contributed by atoms with Crippen LogP contribution in [0.25, 0.3) is 0 Å². The molecule has 1 aromatic rings. The van der Waals surface area contributed by atoms with Gasteiger partial charge in [-0.2, -0.15) is 0 Å². The zero-order chi connectivity index (χ0) is 13.4. The molecule has 1 N–H and O–H groups in total. The van der Waals surface area contributed by atoms with E-state index in [2.05, 4.69) is 6.92 Å². The van der Waals surface area contributed by atoms with Gasteiger partial charge in [-0.1, -0.05) is 56.3 Å². The molecule has 0 spiro atoms. The Bertz CT molecular complexity index is 377. The first-order valence-electron chi connectivity index (χ1n) is 6.60. The van der Waals surface area contributed by atoms with Crippen LogP contribution in [0.5, 0.6) is 0 Å². The van der Waals surface area contributed by atoms with E-state index in [1.54, 1.807) is 0 Å². The van der Waals surface area contributed by atoms with Crippen LogP contribution in [0, 0.1) is 5.92 Å². The summed E-state index contributed by atoms with van der Waals surface area (Å²) in [5.74, 6) is -0.994. The normalized spacial score (nSPS) is 12.3. The van der Waals surface area contributed by atoms with E-state index in [1.807, 2.05) is 24.3 Å². The van der Waals surface area contributed by atoms with Crippen LogP contribution >= 0.6 is 11.6 Å². The van der Waals surface area contributed by atoms with Crippen molar-refractivity contribution in [3.63, 3.8) is 0 Å². The highest BCUT2D eigenvalue weighted by Gasteiger charge is 2.17. The summed E-state index contributed by atoms with van der Waals surface area (Å²) < 4.78 is 0. The molecule has 0 aliphatic carbocycles. The maximum absolute atomic E-state index is 11.2. The van der Waals surface area contributed by atoms with E-state index in [-0.39, 0.29) is 5.92 Å². The van der Waals surface area contributed by atoms with Crippen molar-refractivity contribution in [3.8, 4) is 0 Å². The van der Waals surface area contributed by atoms with Gasteiger partial charge < -0.3 is 5.11 Å². The SMILES string of the molecule is CCCCCCC(Cc1cccc(Cl)c1)C(=O)O. The van der Waals surface area contributed by atoms with Crippen LogP contribution in [0.2, 0.25) is 5.02 Å². The van der Waals surface area contributed by atoms with Crippen molar-refractivity contribution >= 4 is 17.6 Å². The molecule has 1 aromatic carbocycles. The van der Waals surface area contributed by atoms with Gasteiger partial charge >= 0.3 is 5.97 Å². The summed E-state index contributed by atoms with van der Waals surface area (Å²) in [4.78, 5) is 11.2. The van der Waals surface area contributed by atoms with Crippen molar-refractivity contribution in [2.75, 3.05) is 0 Å². The van der Waals surface area contributed by atoms with Crippen LogP contribution in [-0.4, -0.2) is 11.1 Å². The van der Waals surface area contributed by atoms with Gasteiger partial charge in [-0.15, -0.1) is 0 Å². The Hall–Kier alpha value is -1.02. The minimum absolute atomic E-state index is 0.291. The molecule has 100 valence electrons. The van der Waals surface area contributed by atoms with Gasteiger partial charge in [0.15, 0.2) is 0 Å². The Labute approximate surface area is 114 Å². The van der Waals surface area contributed by atoms with Crippen molar-refractivity contribution in [3.05, 3.63) is 34.9 Å². The van der Waals surface area contributed by atoms with Gasteiger partial charge in [0.05, 0.1) is 5.92 Å². The fraction of sp³-hybridized carbons (Fsp3) is 0.533. The molecule has 0 aromatic heterocycles. The van der Waals surface area contributed by atoms with Crippen LogP contribution in [0.15, 0.2) is 24.3 Å². The molecule has 1 unspecified atom stereocenters. The van der Waals surface area contributed by atoms with Gasteiger partial charge in [0, 0.05) is 5.02 Å². The molecule has 0 aliphatic rings. The molecule has 0 bridgehead atoms. The van der Waals surface area contributed by atoms with Gasteiger partial charge in [-0.05, 0) is 30.5 Å². The number of rotatable bonds is 8. The predicted octanol–water partition coefficient (Wildman–Crippen LogP) is 4.55. The van der Waals surface area contributed by atoms with E-state index >= 15 is 0 Å². The second-order valence-electron chi connectivity index (χ2n) is 4.72. The summed E-state index contributed by atoms with van der Waals surface area (Å²) in [5.41, 5.74) is 1.00. The molecule has 2 nitrogen and oxygen atoms in total. The number of halogens is 1. The van der Waals surface area contributed by atoms with Crippen LogP contribution in [0.4, 0.5) is 0 Å². The van der Waals surface area contributed by atoms with Crippen molar-refractivity contribution < 1.29 is 9.90 Å². The maximum atomic E-state index is 11.2. The van der Waals surface area contributed by atoms with Crippen molar-refractivity contribution in [2.45, 2.75) is 45.4 Å². The van der Waals surface area contributed by atoms with Gasteiger partial charge in [0.25, 0.3) is 0 Å². The summed E-state index contributed by atoms with van der Waals surface area (Å²) in [6.07, 6.45) is 5.79. The molecule has 0 heterocycles. The topological polar surface area (TPSA) is 37.3 Å². The molecule has 0 radical (unpaired) electrons. The van der Waals surface area contributed by atoms with E-state index in [1.165, 1.54) is 12.8 Å². The fourth-order valence-corrected chi connectivity index (χ4v) is 2.29. The summed E-state index contributed by atoms with van der Waals surface area (Å²) >= 11 is 5.91. The lowest BCUT2D eigenvalue weighted by atomic mass is 9.94. The van der Waals surface area contributed by atoms with Crippen molar-refractivity contribution in [2.24, 2.45) is 5.92 Å². The molecule has 0 amide bonds. The number of carbonyl (C=O) groups is 1. The zero-order valence-corrected chi connectivity index (χ0v) is 11.6. The minimum Gasteiger partial charge on any atom is -0.481 e. The molecule has 0 aliphatic heterocycles. The number of hydrogen-bond acceptors (Lipinski definition) is 1. The Balaban J connectivity index is 2.50. The number of carboxylic acid groups (broad SMARTS) is 1. The highest BCUT2D eigenvalue weighted by molar-refractivity contribution is 6.30. The smallest absolute Gasteiger partial charge is 0.306 e. The number of hydrogen-bond donors (Lipinski definition) is 1. The predicted molar refractivity (Wildman–Crippen MR) is 75.0 cm³/mol. The Morgan fingerprint density at radius 2 is 2.11 bits per heavy atom. The van der Waals surface area contributed by atoms with E-state index in [0.29, 0.717) is 11.4 Å². The second kappa shape index (κ2) is 8.15. The monoisotopic (exact) mass is 268 g/mol. The van der Waals surface area contributed by atoms with Crippen LogP contribution in [0.1, 0.15) is 44.6 Å². The molecule has 0 fully saturated rings. The first kappa shape index (κ1) is 15.0. The molecule has 1 atom stereocenters. The standard InChI is InChI=1S/C15H21ClO2/c1-2-3-4-5-8-13(15(17)18)10-12-7-6-9-14(16)11-12/h6-7,9,11,13H,2-5,8,10H2,1H3,(H,17,18). The van der Waals surface area contributed by atoms with Crippen LogP contribution < -0.4 is 0 Å². The van der Waals surface area contributed by atoms with Gasteiger partial charge in [-0.3, -0.25) is 4.79 Å². The molecule has 0 saturated carbocycles. The molecule has 18 heavy (non-hydrogen) atoms. The van der Waals surface area contributed by atoms with Gasteiger partial charge in [0.1, 0.15) is 0 Å². The molecular weight excluding hydrogens is 248 g/mol. The van der Waals surface area contributed by atoms with Crippen molar-refractivity contribution in [1.82, 2.24) is 0 Å². The highest BCUT2D eigenvalue weighted by Crippen LogP contribution is 2.19. The third kappa shape index (κ3) is 5.54. The Kier molecular flexibility index (Phi) is 6.81. The van der Waals surface area contributed by atoms with Gasteiger partial charge in [0.2, 0.25) is 0 Å². The minimum atomic E-state index is -0.702. The second-order valence-corrected chi connectivity index (χ2v) is 5.15. The summed E-state index contributed by atoms with van der Waals surface area (Å²) in [6, 6.07) is 7.47. The first-order valence-corrected chi connectivity index (χ1v) is 6.98. The Morgan fingerprint density at radius 3 is 2.72 bits per heavy atom. The number of benzene rings is 1. The lowest BCUT2D eigenvalue weighted by molar-refractivity contribution is -0.142. The van der Waals surface area contributed by atoms with E-state index in [9.17, 15) is 9.90 Å². The summed E-state index contributed by atoms with van der Waals surface area (Å²) in [5, 5.41) is 9.90. The quantitative estimate of drug-likeness (QED) is 0.702. The summed E-state index contributed by atoms with van der Waals surface area (Å²) in [7, 11) is 0. The number of unbranched alkanes of at least 4 members (excludes halogenated alkanes) is 3. The maximum Gasteiger partial charge on any atom is 0.306 e.